The van der Waals surface area contributed by atoms with Gasteiger partial charge in [0.2, 0.25) is 0 Å². The highest BCUT2D eigenvalue weighted by Gasteiger charge is 2.21. The van der Waals surface area contributed by atoms with Gasteiger partial charge in [-0.25, -0.2) is 4.39 Å². The molecule has 0 radical (unpaired) electrons. The van der Waals surface area contributed by atoms with Crippen LogP contribution in [-0.4, -0.2) is 28.4 Å². The van der Waals surface area contributed by atoms with E-state index in [0.717, 1.165) is 0 Å². The predicted octanol–water partition coefficient (Wildman–Crippen LogP) is 3.12. The third-order valence-corrected chi connectivity index (χ3v) is 3.68. The lowest BCUT2D eigenvalue weighted by molar-refractivity contribution is 0.0710. The van der Waals surface area contributed by atoms with Crippen molar-refractivity contribution in [2.45, 2.75) is 26.3 Å². The topological polar surface area (TPSA) is 46.3 Å². The summed E-state index contributed by atoms with van der Waals surface area (Å²) >= 11 is 7.93. The maximum atomic E-state index is 13.5. The molecule has 19 heavy (non-hydrogen) atoms. The molecule has 0 atom stereocenters. The van der Waals surface area contributed by atoms with E-state index in [1.54, 1.807) is 11.0 Å². The third-order valence-electron chi connectivity index (χ3n) is 2.67. The van der Waals surface area contributed by atoms with Crippen LogP contribution < -0.4 is 5.73 Å². The molecule has 0 saturated carbocycles. The molecule has 3 nitrogen and oxygen atoms in total. The van der Waals surface area contributed by atoms with Crippen molar-refractivity contribution >= 4 is 39.0 Å². The Bertz CT molecular complexity index is 494. The predicted molar refractivity (Wildman–Crippen MR) is 81.7 cm³/mol. The lowest BCUT2D eigenvalue weighted by Crippen LogP contribution is -2.39. The number of nitrogens with zero attached hydrogens (tertiary/aromatic N) is 1. The Morgan fingerprint density at radius 1 is 1.53 bits per heavy atom. The Balaban J connectivity index is 2.99. The maximum Gasteiger partial charge on any atom is 0.255 e. The van der Waals surface area contributed by atoms with Crippen molar-refractivity contribution < 1.29 is 9.18 Å². The van der Waals surface area contributed by atoms with Crippen LogP contribution in [0.3, 0.4) is 0 Å². The summed E-state index contributed by atoms with van der Waals surface area (Å²) in [7, 11) is 0. The number of hydrogen-bond donors (Lipinski definition) is 1. The number of rotatable bonds is 5. The highest BCUT2D eigenvalue weighted by atomic mass is 79.9. The van der Waals surface area contributed by atoms with Crippen molar-refractivity contribution in [3.63, 3.8) is 0 Å². The monoisotopic (exact) mass is 346 g/mol. The molecule has 0 bridgehead atoms. The Kier molecular flexibility index (Phi) is 5.87. The summed E-state index contributed by atoms with van der Waals surface area (Å²) in [6.45, 7) is 4.21. The van der Waals surface area contributed by atoms with Gasteiger partial charge in [0.05, 0.1) is 15.0 Å². The summed E-state index contributed by atoms with van der Waals surface area (Å²) in [6.07, 6.45) is 0.451. The Morgan fingerprint density at radius 2 is 2.16 bits per heavy atom. The molecule has 0 aliphatic rings. The van der Waals surface area contributed by atoms with Crippen LogP contribution >= 0.6 is 28.1 Å². The van der Waals surface area contributed by atoms with E-state index in [1.165, 1.54) is 12.1 Å². The number of carbonyl (C=O) groups excluding carboxylic acids is 1. The largest absolute Gasteiger partial charge is 0.393 e. The van der Waals surface area contributed by atoms with Crippen LogP contribution in [0, 0.1) is 5.82 Å². The first-order valence-corrected chi connectivity index (χ1v) is 7.08. The van der Waals surface area contributed by atoms with Gasteiger partial charge in [0.25, 0.3) is 5.91 Å². The van der Waals surface area contributed by atoms with Crippen molar-refractivity contribution in [2.75, 3.05) is 6.54 Å². The zero-order valence-corrected chi connectivity index (χ0v) is 13.2. The summed E-state index contributed by atoms with van der Waals surface area (Å²) in [5.41, 5.74) is 5.76. The molecular weight excluding hydrogens is 331 g/mol. The van der Waals surface area contributed by atoms with Crippen molar-refractivity contribution in [2.24, 2.45) is 5.73 Å². The average Bonchev–Trinajstić information content (AvgIpc) is 2.31. The van der Waals surface area contributed by atoms with E-state index in [0.29, 0.717) is 23.5 Å². The Labute approximate surface area is 126 Å². The smallest absolute Gasteiger partial charge is 0.255 e. The van der Waals surface area contributed by atoms with E-state index in [4.69, 9.17) is 18.0 Å². The van der Waals surface area contributed by atoms with Gasteiger partial charge in [-0.05, 0) is 41.9 Å². The van der Waals surface area contributed by atoms with Gasteiger partial charge in [-0.15, -0.1) is 0 Å². The molecule has 6 heteroatoms. The van der Waals surface area contributed by atoms with Crippen LogP contribution in [-0.2, 0) is 0 Å². The van der Waals surface area contributed by atoms with Gasteiger partial charge in [-0.3, -0.25) is 4.79 Å². The van der Waals surface area contributed by atoms with Crippen LogP contribution in [0.25, 0.3) is 0 Å². The van der Waals surface area contributed by atoms with Crippen molar-refractivity contribution in [1.29, 1.82) is 0 Å². The first-order valence-electron chi connectivity index (χ1n) is 5.88. The number of halogens is 2. The lowest BCUT2D eigenvalue weighted by Gasteiger charge is -2.27. The molecular formula is C13H16BrFN2OS. The van der Waals surface area contributed by atoms with E-state index < -0.39 is 5.82 Å². The summed E-state index contributed by atoms with van der Waals surface area (Å²) < 4.78 is 13.6. The van der Waals surface area contributed by atoms with Crippen LogP contribution in [0.5, 0.6) is 0 Å². The van der Waals surface area contributed by atoms with Crippen LogP contribution in [0.15, 0.2) is 22.7 Å². The number of amides is 1. The number of carbonyl (C=O) groups is 1. The third kappa shape index (κ3) is 4.24. The molecule has 0 fully saturated rings. The van der Waals surface area contributed by atoms with Crippen LogP contribution in [0.1, 0.15) is 30.6 Å². The number of hydrogen-bond acceptors (Lipinski definition) is 2. The number of thiocarbonyl (C=S) groups is 1. The zero-order chi connectivity index (χ0) is 14.6. The molecule has 1 aromatic carbocycles. The molecule has 1 aromatic rings. The van der Waals surface area contributed by atoms with E-state index >= 15 is 0 Å². The first kappa shape index (κ1) is 16.0. The molecule has 0 unspecified atom stereocenters. The minimum atomic E-state index is -0.455. The molecule has 0 saturated heterocycles. The van der Waals surface area contributed by atoms with Gasteiger partial charge >= 0.3 is 0 Å². The second kappa shape index (κ2) is 6.96. The van der Waals surface area contributed by atoms with Crippen molar-refractivity contribution in [3.8, 4) is 0 Å². The van der Waals surface area contributed by atoms with Gasteiger partial charge in [-0.2, -0.15) is 0 Å². The van der Waals surface area contributed by atoms with Gasteiger partial charge in [0.1, 0.15) is 5.82 Å². The zero-order valence-electron chi connectivity index (χ0n) is 10.8. The summed E-state index contributed by atoms with van der Waals surface area (Å²) in [4.78, 5) is 14.4. The Morgan fingerprint density at radius 3 is 2.68 bits per heavy atom. The van der Waals surface area contributed by atoms with Crippen LogP contribution in [0.4, 0.5) is 4.39 Å². The minimum absolute atomic E-state index is 0.0167. The molecule has 1 amide bonds. The molecule has 0 heterocycles. The standard InChI is InChI=1S/C13H16BrFN2OS/c1-8(2)17(7-6-11(16)19)13(18)9-4-3-5-10(15)12(9)14/h3-5,8H,6-7H2,1-2H3,(H2,16,19). The number of nitrogens with two attached hydrogens (primary N) is 1. The van der Waals surface area contributed by atoms with Crippen molar-refractivity contribution in [3.05, 3.63) is 34.1 Å². The van der Waals surface area contributed by atoms with E-state index in [9.17, 15) is 9.18 Å². The quantitative estimate of drug-likeness (QED) is 0.833. The van der Waals surface area contributed by atoms with Crippen LogP contribution in [0.2, 0.25) is 0 Å². The molecule has 0 aliphatic carbocycles. The molecule has 0 aromatic heterocycles. The second-order valence-electron chi connectivity index (χ2n) is 4.41. The Hall–Kier alpha value is -1.01. The van der Waals surface area contributed by atoms with Crippen molar-refractivity contribution in [1.82, 2.24) is 4.90 Å². The molecule has 104 valence electrons. The fourth-order valence-corrected chi connectivity index (χ4v) is 2.17. The fraction of sp³-hybridized carbons (Fsp3) is 0.385. The number of benzene rings is 1. The summed E-state index contributed by atoms with van der Waals surface area (Å²) in [5, 5.41) is 0. The summed E-state index contributed by atoms with van der Waals surface area (Å²) in [6, 6.07) is 4.39. The molecule has 0 spiro atoms. The van der Waals surface area contributed by atoms with E-state index in [2.05, 4.69) is 15.9 Å². The fourth-order valence-electron chi connectivity index (χ4n) is 1.65. The highest BCUT2D eigenvalue weighted by molar-refractivity contribution is 9.10. The maximum absolute atomic E-state index is 13.5. The van der Waals surface area contributed by atoms with E-state index in [-0.39, 0.29) is 16.4 Å². The molecule has 2 N–H and O–H groups in total. The molecule has 0 aliphatic heterocycles. The average molecular weight is 347 g/mol. The highest BCUT2D eigenvalue weighted by Crippen LogP contribution is 2.22. The molecule has 1 rings (SSSR count). The van der Waals surface area contributed by atoms with E-state index in [1.807, 2.05) is 13.8 Å². The SMILES string of the molecule is CC(C)N(CCC(N)=S)C(=O)c1cccc(F)c1Br. The summed E-state index contributed by atoms with van der Waals surface area (Å²) in [5.74, 6) is -0.693. The van der Waals surface area contributed by atoms with Gasteiger partial charge in [0.15, 0.2) is 0 Å². The van der Waals surface area contributed by atoms with Gasteiger partial charge in [-0.1, -0.05) is 18.3 Å². The van der Waals surface area contributed by atoms with Gasteiger partial charge < -0.3 is 10.6 Å². The second-order valence-corrected chi connectivity index (χ2v) is 5.73. The minimum Gasteiger partial charge on any atom is -0.393 e. The normalized spacial score (nSPS) is 10.6. The first-order chi connectivity index (χ1) is 8.84. The van der Waals surface area contributed by atoms with Gasteiger partial charge in [0, 0.05) is 19.0 Å². The lowest BCUT2D eigenvalue weighted by atomic mass is 10.1.